The van der Waals surface area contributed by atoms with Gasteiger partial charge >= 0.3 is 0 Å². The minimum Gasteiger partial charge on any atom is -0.356 e. The predicted octanol–water partition coefficient (Wildman–Crippen LogP) is 2.14. The molecule has 1 fully saturated rings. The zero-order valence-corrected chi connectivity index (χ0v) is 16.0. The molecule has 7 nitrogen and oxygen atoms in total. The number of piperidine rings is 1. The van der Waals surface area contributed by atoms with Gasteiger partial charge in [-0.05, 0) is 26.8 Å². The fraction of sp³-hybridized carbons (Fsp3) is 0.667. The molecular formula is C18H29N7. The van der Waals surface area contributed by atoms with Gasteiger partial charge < -0.3 is 4.90 Å². The van der Waals surface area contributed by atoms with Crippen molar-refractivity contribution in [3.8, 4) is 0 Å². The van der Waals surface area contributed by atoms with Crippen LogP contribution in [-0.4, -0.2) is 56.0 Å². The van der Waals surface area contributed by atoms with Crippen molar-refractivity contribution in [3.63, 3.8) is 0 Å². The Morgan fingerprint density at radius 3 is 2.56 bits per heavy atom. The summed E-state index contributed by atoms with van der Waals surface area (Å²) in [6.07, 6.45) is 4.13. The zero-order chi connectivity index (χ0) is 18.0. The van der Waals surface area contributed by atoms with Gasteiger partial charge in [-0.3, -0.25) is 9.58 Å². The molecule has 7 heteroatoms. The third-order valence-electron chi connectivity index (χ3n) is 5.01. The standard InChI is InChI=1S/C18H29N7/c1-13(2)18-20-14(3)10-17(21-18)25-8-6-15(7-9-25)23(4)12-16-11-19-22-24(16)5/h10-11,13,15H,6-9,12H2,1-5H3. The normalized spacial score (nSPS) is 16.2. The lowest BCUT2D eigenvalue weighted by atomic mass is 10.0. The van der Waals surface area contributed by atoms with E-state index in [9.17, 15) is 0 Å². The van der Waals surface area contributed by atoms with E-state index >= 15 is 0 Å². The molecule has 3 heterocycles. The van der Waals surface area contributed by atoms with Gasteiger partial charge in [-0.15, -0.1) is 5.10 Å². The van der Waals surface area contributed by atoms with Crippen LogP contribution in [0.3, 0.4) is 0 Å². The predicted molar refractivity (Wildman–Crippen MR) is 98.6 cm³/mol. The maximum atomic E-state index is 4.78. The molecule has 0 spiro atoms. The fourth-order valence-corrected chi connectivity index (χ4v) is 3.37. The van der Waals surface area contributed by atoms with Crippen molar-refractivity contribution in [1.82, 2.24) is 29.9 Å². The number of hydrogen-bond acceptors (Lipinski definition) is 6. The summed E-state index contributed by atoms with van der Waals surface area (Å²) in [7, 11) is 4.14. The molecule has 3 rings (SSSR count). The van der Waals surface area contributed by atoms with E-state index in [-0.39, 0.29) is 0 Å². The lowest BCUT2D eigenvalue weighted by Crippen LogP contribution is -2.43. The first-order valence-corrected chi connectivity index (χ1v) is 9.08. The average Bonchev–Trinajstić information content (AvgIpc) is 2.99. The highest BCUT2D eigenvalue weighted by molar-refractivity contribution is 5.40. The SMILES string of the molecule is Cc1cc(N2CCC(N(C)Cc3cnnn3C)CC2)nc(C(C)C)n1. The molecule has 0 atom stereocenters. The van der Waals surface area contributed by atoms with Crippen LogP contribution in [-0.2, 0) is 13.6 Å². The van der Waals surface area contributed by atoms with Crippen LogP contribution in [0.5, 0.6) is 0 Å². The van der Waals surface area contributed by atoms with Gasteiger partial charge in [0.25, 0.3) is 0 Å². The molecule has 0 radical (unpaired) electrons. The van der Waals surface area contributed by atoms with E-state index in [1.807, 2.05) is 17.9 Å². The molecule has 0 saturated carbocycles. The maximum Gasteiger partial charge on any atom is 0.133 e. The van der Waals surface area contributed by atoms with Crippen LogP contribution in [0.4, 0.5) is 5.82 Å². The van der Waals surface area contributed by atoms with Crippen molar-refractivity contribution in [2.75, 3.05) is 25.0 Å². The molecule has 25 heavy (non-hydrogen) atoms. The first kappa shape index (κ1) is 17.8. The molecule has 0 bridgehead atoms. The number of rotatable bonds is 5. The minimum absolute atomic E-state index is 0.356. The number of anilines is 1. The minimum atomic E-state index is 0.356. The quantitative estimate of drug-likeness (QED) is 0.829. The highest BCUT2D eigenvalue weighted by atomic mass is 15.4. The summed E-state index contributed by atoms with van der Waals surface area (Å²) in [6.45, 7) is 9.30. The fourth-order valence-electron chi connectivity index (χ4n) is 3.37. The molecule has 0 aliphatic carbocycles. The molecule has 2 aromatic heterocycles. The second-order valence-corrected chi connectivity index (χ2v) is 7.36. The van der Waals surface area contributed by atoms with Gasteiger partial charge in [-0.25, -0.2) is 9.97 Å². The molecule has 0 aromatic carbocycles. The monoisotopic (exact) mass is 343 g/mol. The summed E-state index contributed by atoms with van der Waals surface area (Å²) in [5.41, 5.74) is 2.20. The second kappa shape index (κ2) is 7.47. The molecule has 1 aliphatic heterocycles. The van der Waals surface area contributed by atoms with Crippen molar-refractivity contribution in [1.29, 1.82) is 0 Å². The molecule has 2 aromatic rings. The second-order valence-electron chi connectivity index (χ2n) is 7.36. The third-order valence-corrected chi connectivity index (χ3v) is 5.01. The highest BCUT2D eigenvalue weighted by Gasteiger charge is 2.24. The topological polar surface area (TPSA) is 63.0 Å². The van der Waals surface area contributed by atoms with Gasteiger partial charge in [0.05, 0.1) is 11.9 Å². The van der Waals surface area contributed by atoms with Crippen LogP contribution in [0.25, 0.3) is 0 Å². The van der Waals surface area contributed by atoms with Crippen LogP contribution < -0.4 is 4.90 Å². The Morgan fingerprint density at radius 1 is 1.24 bits per heavy atom. The summed E-state index contributed by atoms with van der Waals surface area (Å²) >= 11 is 0. The van der Waals surface area contributed by atoms with Crippen LogP contribution >= 0.6 is 0 Å². The van der Waals surface area contributed by atoms with Crippen molar-refractivity contribution >= 4 is 5.82 Å². The van der Waals surface area contributed by atoms with Crippen molar-refractivity contribution in [2.24, 2.45) is 7.05 Å². The molecule has 0 unspecified atom stereocenters. The van der Waals surface area contributed by atoms with Crippen LogP contribution in [0, 0.1) is 6.92 Å². The first-order chi connectivity index (χ1) is 11.9. The molecule has 0 amide bonds. The number of aryl methyl sites for hydroxylation is 2. The first-order valence-electron chi connectivity index (χ1n) is 9.08. The van der Waals surface area contributed by atoms with Gasteiger partial charge in [0.2, 0.25) is 0 Å². The van der Waals surface area contributed by atoms with E-state index < -0.39 is 0 Å². The van der Waals surface area contributed by atoms with Crippen molar-refractivity contribution in [3.05, 3.63) is 29.5 Å². The molecule has 136 valence electrons. The van der Waals surface area contributed by atoms with E-state index in [0.717, 1.165) is 55.5 Å². The van der Waals surface area contributed by atoms with E-state index in [1.165, 1.54) is 0 Å². The van der Waals surface area contributed by atoms with Gasteiger partial charge in [-0.1, -0.05) is 19.1 Å². The van der Waals surface area contributed by atoms with Gasteiger partial charge in [0.1, 0.15) is 11.6 Å². The third kappa shape index (κ3) is 4.15. The summed E-state index contributed by atoms with van der Waals surface area (Å²) in [4.78, 5) is 14.2. The Balaban J connectivity index is 1.61. The summed E-state index contributed by atoms with van der Waals surface area (Å²) in [6, 6.07) is 2.69. The van der Waals surface area contributed by atoms with Crippen LogP contribution in [0.15, 0.2) is 12.3 Å². The molecule has 1 aliphatic rings. The smallest absolute Gasteiger partial charge is 0.133 e. The Labute approximate surface area is 150 Å². The summed E-state index contributed by atoms with van der Waals surface area (Å²) in [5, 5.41) is 7.98. The van der Waals surface area contributed by atoms with Gasteiger partial charge in [-0.2, -0.15) is 0 Å². The Bertz CT molecular complexity index is 701. The molecule has 1 saturated heterocycles. The Kier molecular flexibility index (Phi) is 5.32. The maximum absolute atomic E-state index is 4.78. The largest absolute Gasteiger partial charge is 0.356 e. The average molecular weight is 343 g/mol. The summed E-state index contributed by atoms with van der Waals surface area (Å²) < 4.78 is 1.85. The summed E-state index contributed by atoms with van der Waals surface area (Å²) in [5.74, 6) is 2.38. The van der Waals surface area contributed by atoms with Crippen molar-refractivity contribution < 1.29 is 0 Å². The lowest BCUT2D eigenvalue weighted by Gasteiger charge is -2.37. The van der Waals surface area contributed by atoms with E-state index in [0.29, 0.717) is 12.0 Å². The Morgan fingerprint density at radius 2 is 1.96 bits per heavy atom. The van der Waals surface area contributed by atoms with E-state index in [4.69, 9.17) is 4.98 Å². The number of aromatic nitrogens is 5. The van der Waals surface area contributed by atoms with E-state index in [2.05, 4.69) is 59.0 Å². The van der Waals surface area contributed by atoms with Gasteiger partial charge in [0.15, 0.2) is 0 Å². The van der Waals surface area contributed by atoms with E-state index in [1.54, 1.807) is 0 Å². The molecule has 0 N–H and O–H groups in total. The molecular weight excluding hydrogens is 314 g/mol. The van der Waals surface area contributed by atoms with Gasteiger partial charge in [0, 0.05) is 50.4 Å². The van der Waals surface area contributed by atoms with Crippen molar-refractivity contribution in [2.45, 2.75) is 52.1 Å². The lowest BCUT2D eigenvalue weighted by molar-refractivity contribution is 0.195. The van der Waals surface area contributed by atoms with Crippen LogP contribution in [0.1, 0.15) is 49.8 Å². The Hall–Kier alpha value is -2.02. The van der Waals surface area contributed by atoms with Crippen LogP contribution in [0.2, 0.25) is 0 Å². The number of nitrogens with zero attached hydrogens (tertiary/aromatic N) is 7. The zero-order valence-electron chi connectivity index (χ0n) is 16.0. The number of hydrogen-bond donors (Lipinski definition) is 0. The highest BCUT2D eigenvalue weighted by Crippen LogP contribution is 2.23.